The number of carbonyl (C=O) groups excluding carboxylic acids is 1. The fourth-order valence-electron chi connectivity index (χ4n) is 4.58. The number of amides is 1. The van der Waals surface area contributed by atoms with Gasteiger partial charge in [-0.05, 0) is 37.5 Å². The molecule has 1 aromatic heterocycles. The van der Waals surface area contributed by atoms with Crippen LogP contribution < -0.4 is 5.32 Å². The van der Waals surface area contributed by atoms with Gasteiger partial charge in [-0.1, -0.05) is 91.0 Å². The molecule has 1 heterocycles. The molecule has 4 aromatic rings. The molecule has 0 saturated carbocycles. The van der Waals surface area contributed by atoms with Crippen LogP contribution in [0.4, 0.5) is 4.79 Å². The van der Waals surface area contributed by atoms with Crippen molar-refractivity contribution in [3.05, 3.63) is 126 Å². The molecule has 0 spiro atoms. The molecule has 2 N–H and O–H groups in total. The van der Waals surface area contributed by atoms with E-state index in [9.17, 15) is 14.7 Å². The number of carboxylic acids is 1. The third-order valence-corrected chi connectivity index (χ3v) is 6.03. The van der Waals surface area contributed by atoms with Crippen molar-refractivity contribution in [3.8, 4) is 0 Å². The zero-order valence-corrected chi connectivity index (χ0v) is 21.2. The van der Waals surface area contributed by atoms with Crippen LogP contribution in [-0.2, 0) is 21.5 Å². The molecule has 0 saturated heterocycles. The van der Waals surface area contributed by atoms with Crippen LogP contribution in [0.1, 0.15) is 43.3 Å². The second kappa shape index (κ2) is 10.7. The maximum atomic E-state index is 12.4. The summed E-state index contributed by atoms with van der Waals surface area (Å²) in [7, 11) is 0. The molecule has 37 heavy (non-hydrogen) atoms. The fraction of sp³-hybridized carbons (Fsp3) is 0.233. The number of hydrogen-bond acceptors (Lipinski definition) is 4. The number of benzene rings is 3. The summed E-state index contributed by atoms with van der Waals surface area (Å²) in [6.07, 6.45) is 2.67. The lowest BCUT2D eigenvalue weighted by Crippen LogP contribution is -2.46. The molecule has 190 valence electrons. The Hall–Kier alpha value is -4.39. The van der Waals surface area contributed by atoms with Crippen molar-refractivity contribution in [2.75, 3.05) is 0 Å². The number of rotatable bonds is 8. The van der Waals surface area contributed by atoms with Gasteiger partial charge in [-0.3, -0.25) is 0 Å². The molecular weight excluding hydrogens is 466 g/mol. The zero-order chi connectivity index (χ0) is 26.5. The van der Waals surface area contributed by atoms with E-state index in [-0.39, 0.29) is 6.42 Å². The number of aliphatic carboxylic acids is 1. The Morgan fingerprint density at radius 1 is 0.865 bits per heavy atom. The highest BCUT2D eigenvalue weighted by Crippen LogP contribution is 2.41. The van der Waals surface area contributed by atoms with Gasteiger partial charge in [0.1, 0.15) is 23.0 Å². The zero-order valence-electron chi connectivity index (χ0n) is 21.2. The number of carbonyl (C=O) groups is 2. The average molecular weight is 498 g/mol. The third-order valence-electron chi connectivity index (χ3n) is 6.03. The van der Waals surface area contributed by atoms with Crippen molar-refractivity contribution in [2.24, 2.45) is 0 Å². The van der Waals surface area contributed by atoms with Crippen LogP contribution in [0.25, 0.3) is 0 Å². The first-order chi connectivity index (χ1) is 17.7. The summed E-state index contributed by atoms with van der Waals surface area (Å²) in [5.74, 6) is -0.676. The third kappa shape index (κ3) is 5.56. The second-order valence-corrected chi connectivity index (χ2v) is 9.76. The molecule has 0 fully saturated rings. The van der Waals surface area contributed by atoms with Crippen molar-refractivity contribution < 1.29 is 19.4 Å². The second-order valence-electron chi connectivity index (χ2n) is 9.76. The number of nitrogens with zero attached hydrogens (tertiary/aromatic N) is 2. The van der Waals surface area contributed by atoms with Gasteiger partial charge in [0, 0.05) is 18.8 Å². The van der Waals surface area contributed by atoms with Gasteiger partial charge in [0.2, 0.25) is 0 Å². The van der Waals surface area contributed by atoms with Crippen LogP contribution >= 0.6 is 0 Å². The average Bonchev–Trinajstić information content (AvgIpc) is 3.33. The van der Waals surface area contributed by atoms with Gasteiger partial charge < -0.3 is 19.7 Å². The van der Waals surface area contributed by atoms with Gasteiger partial charge in [-0.2, -0.15) is 0 Å². The number of carboxylic acid groups (broad SMARTS) is 1. The summed E-state index contributed by atoms with van der Waals surface area (Å²) in [5.41, 5.74) is 1.36. The highest BCUT2D eigenvalue weighted by molar-refractivity contribution is 5.80. The van der Waals surface area contributed by atoms with Crippen molar-refractivity contribution in [1.82, 2.24) is 14.9 Å². The number of hydrogen-bond donors (Lipinski definition) is 2. The van der Waals surface area contributed by atoms with Gasteiger partial charge in [0.05, 0.1) is 0 Å². The molecule has 1 amide bonds. The molecule has 0 radical (unpaired) electrons. The van der Waals surface area contributed by atoms with E-state index in [0.717, 1.165) is 16.7 Å². The van der Waals surface area contributed by atoms with Gasteiger partial charge in [0.25, 0.3) is 0 Å². The minimum absolute atomic E-state index is 0.0458. The van der Waals surface area contributed by atoms with E-state index in [0.29, 0.717) is 5.82 Å². The summed E-state index contributed by atoms with van der Waals surface area (Å²) in [6, 6.07) is 28.9. The molecule has 7 heteroatoms. The largest absolute Gasteiger partial charge is 0.480 e. The van der Waals surface area contributed by atoms with E-state index < -0.39 is 29.2 Å². The van der Waals surface area contributed by atoms with Crippen molar-refractivity contribution >= 4 is 12.1 Å². The molecule has 4 rings (SSSR count). The van der Waals surface area contributed by atoms with E-state index >= 15 is 0 Å². The summed E-state index contributed by atoms with van der Waals surface area (Å²) in [4.78, 5) is 29.2. The Morgan fingerprint density at radius 2 is 1.32 bits per heavy atom. The lowest BCUT2D eigenvalue weighted by Gasteiger charge is -2.38. The van der Waals surface area contributed by atoms with Crippen molar-refractivity contribution in [3.63, 3.8) is 0 Å². The van der Waals surface area contributed by atoms with E-state index in [2.05, 4.69) is 46.7 Å². The standard InChI is InChI=1S/C30H31N3O4/c1-29(2,3)37-28(36)32-25(27(34)35)21-26-31-19-20-33(26)30(22-13-7-4-8-14-22,23-15-9-5-10-16-23)24-17-11-6-12-18-24/h4-20,25H,21H2,1-3H3,(H,32,36)(H,34,35). The molecule has 1 unspecified atom stereocenters. The molecule has 0 bridgehead atoms. The molecule has 1 atom stereocenters. The van der Waals surface area contributed by atoms with Gasteiger partial charge >= 0.3 is 12.1 Å². The summed E-state index contributed by atoms with van der Waals surface area (Å²) in [5, 5.41) is 12.5. The van der Waals surface area contributed by atoms with Gasteiger partial charge in [-0.25, -0.2) is 14.6 Å². The van der Waals surface area contributed by atoms with E-state index in [4.69, 9.17) is 4.74 Å². The predicted molar refractivity (Wildman–Crippen MR) is 141 cm³/mol. The SMILES string of the molecule is CC(C)(C)OC(=O)NC(Cc1nccn1C(c1ccccc1)(c1ccccc1)c1ccccc1)C(=O)O. The van der Waals surface area contributed by atoms with Crippen LogP contribution in [0.5, 0.6) is 0 Å². The molecule has 0 aliphatic carbocycles. The fourth-order valence-corrected chi connectivity index (χ4v) is 4.58. The van der Waals surface area contributed by atoms with Crippen molar-refractivity contribution in [1.29, 1.82) is 0 Å². The number of alkyl carbamates (subject to hydrolysis) is 1. The highest BCUT2D eigenvalue weighted by atomic mass is 16.6. The summed E-state index contributed by atoms with van der Waals surface area (Å²) in [6.45, 7) is 5.18. The molecule has 0 aliphatic rings. The van der Waals surface area contributed by atoms with E-state index in [1.165, 1.54) is 0 Å². The Labute approximate surface area is 216 Å². The molecule has 0 aliphatic heterocycles. The predicted octanol–water partition coefficient (Wildman–Crippen LogP) is 5.24. The van der Waals surface area contributed by atoms with Crippen LogP contribution in [0, 0.1) is 0 Å². The topological polar surface area (TPSA) is 93.5 Å². The number of imidazole rings is 1. The first-order valence-electron chi connectivity index (χ1n) is 12.1. The number of aromatic nitrogens is 2. The first-order valence-corrected chi connectivity index (χ1v) is 12.1. The van der Waals surface area contributed by atoms with Gasteiger partial charge in [-0.15, -0.1) is 0 Å². The summed E-state index contributed by atoms with van der Waals surface area (Å²) < 4.78 is 7.30. The monoisotopic (exact) mass is 497 g/mol. The smallest absolute Gasteiger partial charge is 0.408 e. The quantitative estimate of drug-likeness (QED) is 0.325. The minimum atomic E-state index is -1.24. The number of nitrogens with one attached hydrogen (secondary N) is 1. The first kappa shape index (κ1) is 25.7. The Kier molecular flexibility index (Phi) is 7.43. The maximum Gasteiger partial charge on any atom is 0.408 e. The van der Waals surface area contributed by atoms with Gasteiger partial charge in [0.15, 0.2) is 0 Å². The molecule has 7 nitrogen and oxygen atoms in total. The van der Waals surface area contributed by atoms with Crippen molar-refractivity contribution in [2.45, 2.75) is 44.4 Å². The van der Waals surface area contributed by atoms with E-state index in [1.807, 2.05) is 65.4 Å². The Balaban J connectivity index is 1.87. The lowest BCUT2D eigenvalue weighted by atomic mass is 9.76. The van der Waals surface area contributed by atoms with Crippen LogP contribution in [0.2, 0.25) is 0 Å². The van der Waals surface area contributed by atoms with Crippen LogP contribution in [0.3, 0.4) is 0 Å². The summed E-state index contributed by atoms with van der Waals surface area (Å²) >= 11 is 0. The normalized spacial score (nSPS) is 12.5. The molecule has 3 aromatic carbocycles. The maximum absolute atomic E-state index is 12.4. The Bertz CT molecular complexity index is 1230. The highest BCUT2D eigenvalue weighted by Gasteiger charge is 2.40. The lowest BCUT2D eigenvalue weighted by molar-refractivity contribution is -0.139. The Morgan fingerprint density at radius 3 is 1.73 bits per heavy atom. The number of ether oxygens (including phenoxy) is 1. The van der Waals surface area contributed by atoms with E-state index in [1.54, 1.807) is 27.0 Å². The molecular formula is C30H31N3O4. The van der Waals surface area contributed by atoms with Crippen LogP contribution in [-0.4, -0.2) is 38.4 Å². The minimum Gasteiger partial charge on any atom is -0.480 e. The van der Waals surface area contributed by atoms with Crippen LogP contribution in [0.15, 0.2) is 103 Å².